The van der Waals surface area contributed by atoms with Crippen molar-refractivity contribution in [3.05, 3.63) is 24.8 Å². The van der Waals surface area contributed by atoms with Crippen molar-refractivity contribution in [2.24, 2.45) is 5.73 Å². The zero-order valence-corrected chi connectivity index (χ0v) is 5.84. The molecule has 2 N–H and O–H groups in total. The van der Waals surface area contributed by atoms with Gasteiger partial charge in [0.2, 0.25) is 0 Å². The number of unbranched alkanes of at least 4 members (excludes halogenated alkanes) is 2. The van der Waals surface area contributed by atoms with E-state index in [4.69, 9.17) is 5.73 Å². The average Bonchev–Trinajstić information content (AvgIpc) is 1.89. The molecular weight excluding hydrogens is 110 g/mol. The predicted molar refractivity (Wildman–Crippen MR) is 42.2 cm³/mol. The topological polar surface area (TPSA) is 26.0 Å². The van der Waals surface area contributed by atoms with E-state index in [2.05, 4.69) is 12.7 Å². The average molecular weight is 125 g/mol. The number of hydrogen-bond acceptors (Lipinski definition) is 1. The van der Waals surface area contributed by atoms with Gasteiger partial charge in [-0.15, -0.1) is 0 Å². The summed E-state index contributed by atoms with van der Waals surface area (Å²) in [7, 11) is 0. The molecule has 0 rings (SSSR count). The molecule has 0 aliphatic rings. The van der Waals surface area contributed by atoms with E-state index in [-0.39, 0.29) is 0 Å². The van der Waals surface area contributed by atoms with Crippen LogP contribution in [0.4, 0.5) is 0 Å². The van der Waals surface area contributed by atoms with E-state index in [0.29, 0.717) is 0 Å². The molecule has 0 unspecified atom stereocenters. The normalized spacial score (nSPS) is 10.3. The summed E-state index contributed by atoms with van der Waals surface area (Å²) in [6, 6.07) is 0. The molecule has 1 heteroatoms. The summed E-state index contributed by atoms with van der Waals surface area (Å²) in [5.74, 6) is 0. The Bertz CT molecular complexity index is 84.6. The second kappa shape index (κ2) is 7.44. The highest BCUT2D eigenvalue weighted by atomic mass is 14.5. The van der Waals surface area contributed by atoms with Crippen molar-refractivity contribution in [2.75, 3.05) is 6.54 Å². The summed E-state index contributed by atoms with van der Waals surface area (Å²) in [5, 5.41) is 0. The van der Waals surface area contributed by atoms with Crippen molar-refractivity contribution in [2.45, 2.75) is 19.3 Å². The molecular formula is C8H15N. The molecule has 0 bridgehead atoms. The highest BCUT2D eigenvalue weighted by Crippen LogP contribution is 1.93. The lowest BCUT2D eigenvalue weighted by Gasteiger charge is -1.89. The minimum absolute atomic E-state index is 0.807. The number of nitrogens with two attached hydrogens (primary N) is 1. The van der Waals surface area contributed by atoms with Gasteiger partial charge in [0.05, 0.1) is 0 Å². The zero-order valence-electron chi connectivity index (χ0n) is 5.84. The van der Waals surface area contributed by atoms with E-state index in [9.17, 15) is 0 Å². The Hall–Kier alpha value is -0.560. The molecule has 0 aliphatic carbocycles. The van der Waals surface area contributed by atoms with E-state index < -0.39 is 0 Å². The predicted octanol–water partition coefficient (Wildman–Crippen LogP) is 1.86. The molecule has 0 radical (unpaired) electrons. The van der Waals surface area contributed by atoms with Gasteiger partial charge in [0, 0.05) is 0 Å². The number of rotatable bonds is 5. The molecule has 0 saturated heterocycles. The largest absolute Gasteiger partial charge is 0.330 e. The van der Waals surface area contributed by atoms with Crippen molar-refractivity contribution >= 4 is 0 Å². The Morgan fingerprint density at radius 2 is 2.11 bits per heavy atom. The van der Waals surface area contributed by atoms with Crippen LogP contribution >= 0.6 is 0 Å². The molecule has 0 atom stereocenters. The quantitative estimate of drug-likeness (QED) is 0.440. The molecule has 0 aromatic carbocycles. The molecule has 9 heavy (non-hydrogen) atoms. The van der Waals surface area contributed by atoms with Crippen LogP contribution in [-0.4, -0.2) is 6.54 Å². The summed E-state index contributed by atoms with van der Waals surface area (Å²) in [5.41, 5.74) is 5.30. The van der Waals surface area contributed by atoms with Crippen molar-refractivity contribution in [3.8, 4) is 0 Å². The van der Waals surface area contributed by atoms with Crippen molar-refractivity contribution in [1.29, 1.82) is 0 Å². The molecule has 0 amide bonds. The maximum absolute atomic E-state index is 5.30. The lowest BCUT2D eigenvalue weighted by Crippen LogP contribution is -1.96. The molecule has 52 valence electrons. The molecule has 0 heterocycles. The van der Waals surface area contributed by atoms with Crippen LogP contribution in [0.3, 0.4) is 0 Å². The first-order valence-electron chi connectivity index (χ1n) is 3.39. The van der Waals surface area contributed by atoms with Gasteiger partial charge in [-0.25, -0.2) is 0 Å². The fraction of sp³-hybridized carbons (Fsp3) is 0.500. The van der Waals surface area contributed by atoms with Gasteiger partial charge in [-0.05, 0) is 25.8 Å². The number of hydrogen-bond donors (Lipinski definition) is 1. The Labute approximate surface area is 57.3 Å². The van der Waals surface area contributed by atoms with Crippen LogP contribution in [0, 0.1) is 0 Å². The van der Waals surface area contributed by atoms with Crippen LogP contribution in [0.5, 0.6) is 0 Å². The third-order valence-corrected chi connectivity index (χ3v) is 1.10. The molecule has 0 aromatic heterocycles. The van der Waals surface area contributed by atoms with Gasteiger partial charge < -0.3 is 5.73 Å². The van der Waals surface area contributed by atoms with Gasteiger partial charge in [0.25, 0.3) is 0 Å². The Balaban J connectivity index is 2.90. The lowest BCUT2D eigenvalue weighted by molar-refractivity contribution is 0.758. The molecule has 0 aliphatic heterocycles. The summed E-state index contributed by atoms with van der Waals surface area (Å²) in [6.45, 7) is 4.37. The van der Waals surface area contributed by atoms with Crippen LogP contribution in [0.25, 0.3) is 0 Å². The molecule has 1 nitrogen and oxygen atoms in total. The first kappa shape index (κ1) is 8.44. The summed E-state index contributed by atoms with van der Waals surface area (Å²) >= 11 is 0. The van der Waals surface area contributed by atoms with E-state index in [1.54, 1.807) is 6.08 Å². The highest BCUT2D eigenvalue weighted by Gasteiger charge is 1.78. The van der Waals surface area contributed by atoms with Crippen LogP contribution < -0.4 is 5.73 Å². The minimum Gasteiger partial charge on any atom is -0.330 e. The van der Waals surface area contributed by atoms with E-state index in [0.717, 1.165) is 19.4 Å². The SMILES string of the molecule is C=C/C=C/CCCCN. The lowest BCUT2D eigenvalue weighted by atomic mass is 10.2. The first-order valence-corrected chi connectivity index (χ1v) is 3.39. The van der Waals surface area contributed by atoms with Gasteiger partial charge >= 0.3 is 0 Å². The summed E-state index contributed by atoms with van der Waals surface area (Å²) < 4.78 is 0. The van der Waals surface area contributed by atoms with E-state index in [1.165, 1.54) is 6.42 Å². The second-order valence-electron chi connectivity index (χ2n) is 1.95. The van der Waals surface area contributed by atoms with Crippen LogP contribution in [-0.2, 0) is 0 Å². The maximum atomic E-state index is 5.30. The molecule has 0 saturated carbocycles. The third kappa shape index (κ3) is 7.44. The van der Waals surface area contributed by atoms with Gasteiger partial charge in [0.15, 0.2) is 0 Å². The third-order valence-electron chi connectivity index (χ3n) is 1.10. The highest BCUT2D eigenvalue weighted by molar-refractivity contribution is 4.96. The first-order chi connectivity index (χ1) is 4.41. The standard InChI is InChI=1S/C8H15N/c1-2-3-4-5-6-7-8-9/h2-4H,1,5-9H2/b4-3+. The van der Waals surface area contributed by atoms with E-state index in [1.807, 2.05) is 6.08 Å². The Morgan fingerprint density at radius 3 is 2.67 bits per heavy atom. The van der Waals surface area contributed by atoms with Crippen molar-refractivity contribution < 1.29 is 0 Å². The Kier molecular flexibility index (Phi) is 6.98. The molecule has 0 spiro atoms. The van der Waals surface area contributed by atoms with Gasteiger partial charge in [-0.3, -0.25) is 0 Å². The second-order valence-corrected chi connectivity index (χ2v) is 1.95. The van der Waals surface area contributed by atoms with Gasteiger partial charge in [-0.2, -0.15) is 0 Å². The van der Waals surface area contributed by atoms with Crippen LogP contribution in [0.1, 0.15) is 19.3 Å². The van der Waals surface area contributed by atoms with Crippen LogP contribution in [0.15, 0.2) is 24.8 Å². The van der Waals surface area contributed by atoms with Gasteiger partial charge in [0.1, 0.15) is 0 Å². The zero-order chi connectivity index (χ0) is 6.95. The fourth-order valence-electron chi connectivity index (χ4n) is 0.599. The smallest absolute Gasteiger partial charge is 0.00772 e. The van der Waals surface area contributed by atoms with E-state index >= 15 is 0 Å². The number of allylic oxidation sites excluding steroid dienone is 3. The fourth-order valence-corrected chi connectivity index (χ4v) is 0.599. The summed E-state index contributed by atoms with van der Waals surface area (Å²) in [4.78, 5) is 0. The summed E-state index contributed by atoms with van der Waals surface area (Å²) in [6.07, 6.45) is 9.33. The van der Waals surface area contributed by atoms with Crippen molar-refractivity contribution in [3.63, 3.8) is 0 Å². The van der Waals surface area contributed by atoms with Crippen LogP contribution in [0.2, 0.25) is 0 Å². The molecule has 0 fully saturated rings. The maximum Gasteiger partial charge on any atom is -0.00772 e. The Morgan fingerprint density at radius 1 is 1.33 bits per heavy atom. The monoisotopic (exact) mass is 125 g/mol. The van der Waals surface area contributed by atoms with Crippen molar-refractivity contribution in [1.82, 2.24) is 0 Å². The molecule has 0 aromatic rings. The van der Waals surface area contributed by atoms with Gasteiger partial charge in [-0.1, -0.05) is 24.8 Å². The minimum atomic E-state index is 0.807.